The fraction of sp³-hybridized carbons (Fsp3) is 0.0625. The molecular weight excluding hydrogens is 240 g/mol. The van der Waals surface area contributed by atoms with E-state index in [1.54, 1.807) is 0 Å². The number of hydrogen-bond donors (Lipinski definition) is 0. The van der Waals surface area contributed by atoms with E-state index in [1.807, 2.05) is 0 Å². The minimum atomic E-state index is -0.657. The molecule has 0 amide bonds. The molecule has 0 unspecified atom stereocenters. The highest BCUT2D eigenvalue weighted by Gasteiger charge is 2.06. The van der Waals surface area contributed by atoms with Crippen LogP contribution < -0.4 is 5.82 Å². The lowest BCUT2D eigenvalue weighted by Gasteiger charge is -2.11. The standard InChI is InChI=1S/C13H10.C3H2O3/c1-4-10-6-2-8-12-9-3-7-11(5-1)13(10)12;4-3-5-1-2-6-3/h1-8H,9H2;1-2H. The van der Waals surface area contributed by atoms with Crippen molar-refractivity contribution < 1.29 is 8.83 Å². The third kappa shape index (κ3) is 2.36. The van der Waals surface area contributed by atoms with Gasteiger partial charge in [0.1, 0.15) is 12.5 Å². The summed E-state index contributed by atoms with van der Waals surface area (Å²) in [7, 11) is 0. The Kier molecular flexibility index (Phi) is 3.02. The monoisotopic (exact) mass is 252 g/mol. The minimum absolute atomic E-state index is 0.657. The van der Waals surface area contributed by atoms with Crippen LogP contribution in [0.1, 0.15) is 11.1 Å². The summed E-state index contributed by atoms with van der Waals surface area (Å²) in [6, 6.07) is 13.0. The van der Waals surface area contributed by atoms with Crippen molar-refractivity contribution in [2.75, 3.05) is 0 Å². The molecule has 4 rings (SSSR count). The van der Waals surface area contributed by atoms with Crippen molar-refractivity contribution in [2.45, 2.75) is 6.42 Å². The molecule has 19 heavy (non-hydrogen) atoms. The molecule has 0 fully saturated rings. The summed E-state index contributed by atoms with van der Waals surface area (Å²) in [4.78, 5) is 9.74. The molecule has 0 atom stereocenters. The van der Waals surface area contributed by atoms with E-state index in [4.69, 9.17) is 0 Å². The van der Waals surface area contributed by atoms with Crippen LogP contribution in [0, 0.1) is 0 Å². The third-order valence-corrected chi connectivity index (χ3v) is 3.04. The predicted molar refractivity (Wildman–Crippen MR) is 73.9 cm³/mol. The predicted octanol–water partition coefficient (Wildman–Crippen LogP) is 3.64. The lowest BCUT2D eigenvalue weighted by Crippen LogP contribution is -1.91. The summed E-state index contributed by atoms with van der Waals surface area (Å²) < 4.78 is 8.22. The summed E-state index contributed by atoms with van der Waals surface area (Å²) in [5, 5.41) is 2.80. The highest BCUT2D eigenvalue weighted by Crippen LogP contribution is 2.27. The average Bonchev–Trinajstić information content (AvgIpc) is 2.92. The average molecular weight is 252 g/mol. The normalized spacial score (nSPS) is 12.0. The molecule has 2 aromatic carbocycles. The molecule has 0 aliphatic heterocycles. The third-order valence-electron chi connectivity index (χ3n) is 3.04. The zero-order chi connectivity index (χ0) is 13.1. The van der Waals surface area contributed by atoms with Gasteiger partial charge in [-0.05, 0) is 28.3 Å². The van der Waals surface area contributed by atoms with Crippen molar-refractivity contribution in [3.8, 4) is 0 Å². The molecule has 0 bridgehead atoms. The quantitative estimate of drug-likeness (QED) is 0.613. The molecule has 94 valence electrons. The van der Waals surface area contributed by atoms with E-state index in [0.717, 1.165) is 6.42 Å². The number of rotatable bonds is 0. The molecule has 0 spiro atoms. The van der Waals surface area contributed by atoms with Crippen molar-refractivity contribution in [3.05, 3.63) is 76.7 Å². The van der Waals surface area contributed by atoms with Crippen LogP contribution >= 0.6 is 0 Å². The van der Waals surface area contributed by atoms with Gasteiger partial charge >= 0.3 is 5.82 Å². The maximum absolute atomic E-state index is 9.74. The van der Waals surface area contributed by atoms with Gasteiger partial charge in [-0.2, -0.15) is 0 Å². The molecule has 3 nitrogen and oxygen atoms in total. The van der Waals surface area contributed by atoms with Crippen LogP contribution in [0.4, 0.5) is 0 Å². The van der Waals surface area contributed by atoms with Crippen molar-refractivity contribution in [1.29, 1.82) is 0 Å². The van der Waals surface area contributed by atoms with Gasteiger partial charge in [-0.25, -0.2) is 4.79 Å². The molecule has 0 saturated carbocycles. The lowest BCUT2D eigenvalue weighted by molar-refractivity contribution is 0.385. The number of allylic oxidation sites excluding steroid dienone is 1. The van der Waals surface area contributed by atoms with Crippen LogP contribution in [-0.4, -0.2) is 0 Å². The van der Waals surface area contributed by atoms with Gasteiger partial charge in [0, 0.05) is 0 Å². The molecule has 3 heteroatoms. The summed E-state index contributed by atoms with van der Waals surface area (Å²) in [5.41, 5.74) is 2.81. The number of hydrogen-bond acceptors (Lipinski definition) is 3. The Bertz CT molecular complexity index is 756. The van der Waals surface area contributed by atoms with Crippen LogP contribution in [0.2, 0.25) is 0 Å². The van der Waals surface area contributed by atoms with E-state index in [2.05, 4.69) is 57.4 Å². The molecule has 1 aliphatic rings. The van der Waals surface area contributed by atoms with Gasteiger partial charge in [0.2, 0.25) is 0 Å². The Hall–Kier alpha value is -2.55. The van der Waals surface area contributed by atoms with E-state index in [-0.39, 0.29) is 0 Å². The molecule has 1 aromatic heterocycles. The highest BCUT2D eigenvalue weighted by molar-refractivity contribution is 5.94. The molecular formula is C16H12O3. The van der Waals surface area contributed by atoms with Crippen molar-refractivity contribution >= 4 is 16.8 Å². The van der Waals surface area contributed by atoms with Crippen molar-refractivity contribution in [2.24, 2.45) is 0 Å². The molecule has 1 aliphatic carbocycles. The van der Waals surface area contributed by atoms with Gasteiger partial charge in [-0.3, -0.25) is 0 Å². The van der Waals surface area contributed by atoms with Crippen LogP contribution in [-0.2, 0) is 6.42 Å². The van der Waals surface area contributed by atoms with Crippen molar-refractivity contribution in [3.63, 3.8) is 0 Å². The van der Waals surface area contributed by atoms with Gasteiger partial charge in [-0.15, -0.1) is 0 Å². The maximum atomic E-state index is 9.74. The lowest BCUT2D eigenvalue weighted by atomic mass is 9.93. The van der Waals surface area contributed by atoms with Crippen LogP contribution in [0.5, 0.6) is 0 Å². The van der Waals surface area contributed by atoms with Crippen molar-refractivity contribution in [1.82, 2.24) is 0 Å². The second-order valence-electron chi connectivity index (χ2n) is 4.23. The second-order valence-corrected chi connectivity index (χ2v) is 4.23. The topological polar surface area (TPSA) is 43.4 Å². The van der Waals surface area contributed by atoms with Gasteiger partial charge in [-0.1, -0.05) is 48.6 Å². The summed E-state index contributed by atoms with van der Waals surface area (Å²) in [5.74, 6) is -0.657. The number of benzene rings is 2. The highest BCUT2D eigenvalue weighted by atomic mass is 16.5. The molecule has 0 N–H and O–H groups in total. The van der Waals surface area contributed by atoms with Gasteiger partial charge in [0.15, 0.2) is 0 Å². The van der Waals surface area contributed by atoms with Crippen LogP contribution in [0.15, 0.2) is 68.6 Å². The first-order valence-electron chi connectivity index (χ1n) is 6.04. The van der Waals surface area contributed by atoms with Gasteiger partial charge in [0.05, 0.1) is 0 Å². The Morgan fingerprint density at radius 2 is 1.68 bits per heavy atom. The van der Waals surface area contributed by atoms with Gasteiger partial charge in [0.25, 0.3) is 0 Å². The van der Waals surface area contributed by atoms with E-state index in [1.165, 1.54) is 34.4 Å². The first-order chi connectivity index (χ1) is 9.34. The summed E-state index contributed by atoms with van der Waals surface area (Å²) >= 11 is 0. The van der Waals surface area contributed by atoms with Crippen LogP contribution in [0.3, 0.4) is 0 Å². The smallest absolute Gasteiger partial charge is 0.399 e. The molecule has 3 aromatic rings. The zero-order valence-corrected chi connectivity index (χ0v) is 10.2. The first-order valence-corrected chi connectivity index (χ1v) is 6.04. The minimum Gasteiger partial charge on any atom is -0.399 e. The SMILES string of the molecule is C1=Cc2cccc3cccc(c23)C1.O=c1occo1. The fourth-order valence-electron chi connectivity index (χ4n) is 2.27. The summed E-state index contributed by atoms with van der Waals surface area (Å²) in [6.45, 7) is 0. The largest absolute Gasteiger partial charge is 0.518 e. The van der Waals surface area contributed by atoms with E-state index in [0.29, 0.717) is 0 Å². The van der Waals surface area contributed by atoms with E-state index in [9.17, 15) is 4.79 Å². The summed E-state index contributed by atoms with van der Waals surface area (Å²) in [6.07, 6.45) is 7.89. The Morgan fingerprint density at radius 3 is 2.37 bits per heavy atom. The second kappa shape index (κ2) is 4.98. The zero-order valence-electron chi connectivity index (χ0n) is 10.2. The molecule has 0 radical (unpaired) electrons. The fourth-order valence-corrected chi connectivity index (χ4v) is 2.27. The van der Waals surface area contributed by atoms with E-state index < -0.39 is 5.82 Å². The van der Waals surface area contributed by atoms with E-state index >= 15 is 0 Å². The molecule has 0 saturated heterocycles. The van der Waals surface area contributed by atoms with Crippen LogP contribution in [0.25, 0.3) is 16.8 Å². The van der Waals surface area contributed by atoms with Gasteiger partial charge < -0.3 is 8.83 Å². The Balaban J connectivity index is 0.000000155. The first kappa shape index (κ1) is 11.5. The Morgan fingerprint density at radius 1 is 0.947 bits per heavy atom. The molecule has 1 heterocycles. The maximum Gasteiger partial charge on any atom is 0.518 e. The Labute approximate surface area is 109 Å².